The Labute approximate surface area is 206 Å². The monoisotopic (exact) mass is 593 g/mol. The Morgan fingerprint density at radius 2 is 0.875 bits per heavy atom. The van der Waals surface area contributed by atoms with Crippen molar-refractivity contribution in [2.24, 2.45) is 0 Å². The van der Waals surface area contributed by atoms with Gasteiger partial charge >= 0.3 is 31.6 Å². The van der Waals surface area contributed by atoms with E-state index in [1.807, 2.05) is 0 Å². The fourth-order valence-corrected chi connectivity index (χ4v) is 7.20. The molecule has 3 N–H and O–H groups in total. The molecule has 0 aromatic heterocycles. The fourth-order valence-electron chi connectivity index (χ4n) is 2.31. The van der Waals surface area contributed by atoms with E-state index in [1.165, 1.54) is 39.3 Å². The Hall–Kier alpha value is 0.117. The number of hydrogen-bond donors (Lipinski definition) is 3. The van der Waals surface area contributed by atoms with Gasteiger partial charge in [0.15, 0.2) is 0 Å². The van der Waals surface area contributed by atoms with Crippen molar-refractivity contribution in [2.75, 3.05) is 60.4 Å². The molecule has 0 aromatic rings. The number of alkyl halides is 3. The van der Waals surface area contributed by atoms with Gasteiger partial charge in [-0.1, -0.05) is 39.3 Å². The number of carboxylic acids is 1. The quantitative estimate of drug-likeness (QED) is 0.432. The molecule has 1 aliphatic rings. The number of aliphatic hydroxyl groups is 2. The first-order valence-electron chi connectivity index (χ1n) is 10.4. The molecule has 7 nitrogen and oxygen atoms in total. The first-order chi connectivity index (χ1) is 13.7. The molecule has 0 aliphatic carbocycles. The molecule has 0 amide bonds. The smallest absolute Gasteiger partial charge is 0.475 e. The summed E-state index contributed by atoms with van der Waals surface area (Å²) in [5.74, 6) is -2.76. The molecule has 1 heterocycles. The second-order valence-electron chi connectivity index (χ2n) is 10.3. The molecule has 1 fully saturated rings. The Morgan fingerprint density at radius 1 is 0.719 bits per heavy atom. The second kappa shape index (κ2) is 15.9. The fraction of sp³-hybridized carbons (Fsp3) is 0.947. The van der Waals surface area contributed by atoms with E-state index in [4.69, 9.17) is 9.90 Å². The summed E-state index contributed by atoms with van der Waals surface area (Å²) in [6, 6.07) is 0. The number of aliphatic hydroxyl groups excluding tert-OH is 2. The summed E-state index contributed by atoms with van der Waals surface area (Å²) < 4.78 is 31.7. The van der Waals surface area contributed by atoms with Gasteiger partial charge in [0.05, 0.1) is 27.6 Å². The van der Waals surface area contributed by atoms with E-state index in [-0.39, 0.29) is 19.5 Å². The predicted octanol–water partition coefficient (Wildman–Crippen LogP) is 1.89. The van der Waals surface area contributed by atoms with E-state index in [2.05, 4.69) is 75.1 Å². The van der Waals surface area contributed by atoms with Gasteiger partial charge in [-0.15, -0.1) is 0 Å². The minimum Gasteiger partial charge on any atom is -0.475 e. The SMILES string of the molecule is CN1CCN(C)CCN(C)CC1.C[Si](C)(C)C(O)C(O)[Si](C)(C)C.O=C(O)C(F)(F)F.[Ru+4]. The van der Waals surface area contributed by atoms with Gasteiger partial charge in [0.1, 0.15) is 0 Å². The van der Waals surface area contributed by atoms with E-state index in [1.54, 1.807) is 0 Å². The van der Waals surface area contributed by atoms with Crippen LogP contribution in [0.5, 0.6) is 0 Å². The van der Waals surface area contributed by atoms with E-state index < -0.39 is 39.7 Å². The minimum atomic E-state index is -5.08. The number of aliphatic carboxylic acids is 1. The van der Waals surface area contributed by atoms with E-state index in [9.17, 15) is 23.4 Å². The van der Waals surface area contributed by atoms with Crippen molar-refractivity contribution in [3.63, 3.8) is 0 Å². The molecule has 0 spiro atoms. The number of carbonyl (C=O) groups is 1. The van der Waals surface area contributed by atoms with Gasteiger partial charge < -0.3 is 30.0 Å². The first kappa shape index (κ1) is 36.7. The second-order valence-corrected chi connectivity index (χ2v) is 21.0. The molecule has 0 radical (unpaired) electrons. The molecule has 192 valence electrons. The van der Waals surface area contributed by atoms with Gasteiger partial charge in [-0.05, 0) is 21.1 Å². The largest absolute Gasteiger partial charge is 4.00 e. The van der Waals surface area contributed by atoms with Crippen LogP contribution >= 0.6 is 0 Å². The topological polar surface area (TPSA) is 87.5 Å². The summed E-state index contributed by atoms with van der Waals surface area (Å²) >= 11 is 0. The number of likely N-dealkylation sites (N-methyl/N-ethyl adjacent to an activating group) is 3. The minimum absolute atomic E-state index is 0. The van der Waals surface area contributed by atoms with Crippen LogP contribution in [0.2, 0.25) is 39.3 Å². The van der Waals surface area contributed by atoms with Gasteiger partial charge in [-0.3, -0.25) is 0 Å². The van der Waals surface area contributed by atoms with Crippen molar-refractivity contribution in [1.82, 2.24) is 14.7 Å². The van der Waals surface area contributed by atoms with Crippen LogP contribution in [0.15, 0.2) is 0 Å². The number of rotatable bonds is 3. The Balaban J connectivity index is -0.000000403. The van der Waals surface area contributed by atoms with Gasteiger partial charge in [-0.25, -0.2) is 4.79 Å². The standard InChI is InChI=1S/C9H21N3.C8H22O2Si2.C2HF3O2.Ru/c1-10-4-6-11(2)8-9-12(3)7-5-10;1-11(2,3)7(9)8(10)12(4,5)6;3-2(4,5)1(6)7;/h4-9H2,1-3H3;7-10H,1-6H3;(H,6,7);/q;;;+4. The van der Waals surface area contributed by atoms with Crippen molar-refractivity contribution in [3.05, 3.63) is 0 Å². The number of halogens is 3. The van der Waals surface area contributed by atoms with Crippen molar-refractivity contribution in [1.29, 1.82) is 0 Å². The third-order valence-electron chi connectivity index (χ3n) is 4.91. The molecule has 1 aliphatic heterocycles. The summed E-state index contributed by atoms with van der Waals surface area (Å²) in [6.07, 6.45) is -5.08. The zero-order chi connectivity index (χ0) is 25.2. The van der Waals surface area contributed by atoms with E-state index in [0.29, 0.717) is 0 Å². The molecule has 1 saturated heterocycles. The van der Waals surface area contributed by atoms with Gasteiger partial charge in [0, 0.05) is 39.3 Å². The zero-order valence-corrected chi connectivity index (χ0v) is 24.7. The average molecular weight is 593 g/mol. The number of carboxylic acid groups (broad SMARTS) is 1. The molecule has 13 heteroatoms. The maximum atomic E-state index is 10.6. The van der Waals surface area contributed by atoms with Gasteiger partial charge in [-0.2, -0.15) is 13.2 Å². The summed E-state index contributed by atoms with van der Waals surface area (Å²) in [6.45, 7) is 19.7. The molecular formula is C19H44F3N3O4RuSi2+4. The molecule has 0 aromatic carbocycles. The van der Waals surface area contributed by atoms with Gasteiger partial charge in [0.2, 0.25) is 0 Å². The van der Waals surface area contributed by atoms with Crippen LogP contribution in [0, 0.1) is 0 Å². The van der Waals surface area contributed by atoms with Crippen LogP contribution in [0.25, 0.3) is 0 Å². The Morgan fingerprint density at radius 3 is 0.969 bits per heavy atom. The van der Waals surface area contributed by atoms with Crippen LogP contribution in [0.3, 0.4) is 0 Å². The maximum Gasteiger partial charge on any atom is 4.00 e. The normalized spacial score (nSPS) is 19.4. The molecule has 0 saturated carbocycles. The van der Waals surface area contributed by atoms with Crippen molar-refractivity contribution in [2.45, 2.75) is 56.9 Å². The molecular weight excluding hydrogens is 548 g/mol. The first-order valence-corrected chi connectivity index (χ1v) is 17.6. The number of nitrogens with zero attached hydrogens (tertiary/aromatic N) is 3. The van der Waals surface area contributed by atoms with Crippen molar-refractivity contribution in [3.8, 4) is 0 Å². The van der Waals surface area contributed by atoms with Crippen LogP contribution in [-0.4, -0.2) is 130 Å². The van der Waals surface area contributed by atoms with Crippen LogP contribution in [-0.2, 0) is 24.3 Å². The third kappa shape index (κ3) is 18.5. The molecule has 2 unspecified atom stereocenters. The summed E-state index contributed by atoms with van der Waals surface area (Å²) in [4.78, 5) is 16.1. The molecule has 2 atom stereocenters. The number of hydrogen-bond acceptors (Lipinski definition) is 6. The van der Waals surface area contributed by atoms with E-state index >= 15 is 0 Å². The summed E-state index contributed by atoms with van der Waals surface area (Å²) in [7, 11) is 3.42. The van der Waals surface area contributed by atoms with Crippen LogP contribution in [0.4, 0.5) is 13.2 Å². The average Bonchev–Trinajstić information content (AvgIpc) is 2.66. The van der Waals surface area contributed by atoms with Crippen LogP contribution < -0.4 is 0 Å². The Bertz CT molecular complexity index is 468. The van der Waals surface area contributed by atoms with Crippen LogP contribution in [0.1, 0.15) is 0 Å². The summed E-state index contributed by atoms with van der Waals surface area (Å²) in [5, 5.41) is 26.8. The molecule has 32 heavy (non-hydrogen) atoms. The van der Waals surface area contributed by atoms with Crippen molar-refractivity contribution >= 4 is 22.1 Å². The van der Waals surface area contributed by atoms with Crippen molar-refractivity contribution < 1.29 is 52.8 Å². The van der Waals surface area contributed by atoms with Gasteiger partial charge in [0.25, 0.3) is 0 Å². The third-order valence-corrected chi connectivity index (χ3v) is 9.42. The maximum absolute atomic E-state index is 10.6. The summed E-state index contributed by atoms with van der Waals surface area (Å²) in [5.41, 5.74) is -0.937. The predicted molar refractivity (Wildman–Crippen MR) is 125 cm³/mol. The zero-order valence-electron chi connectivity index (χ0n) is 21.0. The van der Waals surface area contributed by atoms with E-state index in [0.717, 1.165) is 0 Å². The molecule has 0 bridgehead atoms. The Kier molecular flexibility index (Phi) is 18.2. The molecule has 1 rings (SSSR count).